The number of nitrogens with two attached hydrogens (primary N) is 1. The lowest BCUT2D eigenvalue weighted by Crippen LogP contribution is -2.32. The zero-order chi connectivity index (χ0) is 17.4. The van der Waals surface area contributed by atoms with Crippen molar-refractivity contribution in [1.82, 2.24) is 0 Å². The molecule has 25 heavy (non-hydrogen) atoms. The van der Waals surface area contributed by atoms with Gasteiger partial charge in [0.1, 0.15) is 12.4 Å². The molecule has 0 aliphatic heterocycles. The number of hydrogen-bond donors (Lipinski definition) is 2. The molecule has 0 aliphatic carbocycles. The van der Waals surface area contributed by atoms with Gasteiger partial charge in [-0.05, 0) is 42.8 Å². The van der Waals surface area contributed by atoms with Crippen molar-refractivity contribution in [2.75, 3.05) is 18.5 Å². The van der Waals surface area contributed by atoms with Crippen molar-refractivity contribution in [2.45, 2.75) is 19.4 Å². The summed E-state index contributed by atoms with van der Waals surface area (Å²) < 4.78 is 24.5. The molecule has 0 spiro atoms. The van der Waals surface area contributed by atoms with Gasteiger partial charge in [-0.15, -0.1) is 12.4 Å². The van der Waals surface area contributed by atoms with Gasteiger partial charge in [0.15, 0.2) is 17.7 Å². The van der Waals surface area contributed by atoms with Gasteiger partial charge in [0.25, 0.3) is 5.91 Å². The fraction of sp³-hybridized carbons (Fsp3) is 0.278. The first-order valence-electron chi connectivity index (χ1n) is 7.79. The van der Waals surface area contributed by atoms with E-state index >= 15 is 0 Å². The maximum absolute atomic E-state index is 13.6. The van der Waals surface area contributed by atoms with Crippen molar-refractivity contribution < 1.29 is 18.7 Å². The van der Waals surface area contributed by atoms with Crippen molar-refractivity contribution in [1.29, 1.82) is 0 Å². The number of halogens is 2. The first kappa shape index (κ1) is 20.7. The van der Waals surface area contributed by atoms with Crippen molar-refractivity contribution in [2.24, 2.45) is 5.73 Å². The minimum Gasteiger partial charge on any atom is -0.492 e. The van der Waals surface area contributed by atoms with Crippen LogP contribution in [-0.2, 0) is 4.79 Å². The van der Waals surface area contributed by atoms with Gasteiger partial charge >= 0.3 is 0 Å². The van der Waals surface area contributed by atoms with E-state index in [0.717, 1.165) is 0 Å². The predicted molar refractivity (Wildman–Crippen MR) is 98.0 cm³/mol. The molecule has 0 fully saturated rings. The second-order valence-electron chi connectivity index (χ2n) is 5.10. The third-order valence-electron chi connectivity index (χ3n) is 3.28. The molecule has 2 aromatic rings. The highest BCUT2D eigenvalue weighted by molar-refractivity contribution is 5.94. The highest BCUT2D eigenvalue weighted by Crippen LogP contribution is 2.20. The van der Waals surface area contributed by atoms with Crippen LogP contribution in [0.3, 0.4) is 0 Å². The third kappa shape index (κ3) is 6.25. The van der Waals surface area contributed by atoms with Crippen LogP contribution in [0, 0.1) is 5.82 Å². The summed E-state index contributed by atoms with van der Waals surface area (Å²) in [6.07, 6.45) is -0.368. The second-order valence-corrected chi connectivity index (χ2v) is 5.10. The fourth-order valence-electron chi connectivity index (χ4n) is 2.05. The Bertz CT molecular complexity index is 668. The lowest BCUT2D eigenvalue weighted by atomic mass is 10.2. The molecule has 2 aromatic carbocycles. The van der Waals surface area contributed by atoms with Crippen LogP contribution in [0.1, 0.15) is 13.3 Å². The van der Waals surface area contributed by atoms with Gasteiger partial charge in [0, 0.05) is 12.2 Å². The van der Waals surface area contributed by atoms with Gasteiger partial charge in [0.2, 0.25) is 0 Å². The Morgan fingerprint density at radius 2 is 1.88 bits per heavy atom. The number of amides is 1. The van der Waals surface area contributed by atoms with Gasteiger partial charge in [-0.25, -0.2) is 4.39 Å². The number of hydrogen-bond acceptors (Lipinski definition) is 4. The summed E-state index contributed by atoms with van der Waals surface area (Å²) in [6, 6.07) is 12.9. The van der Waals surface area contributed by atoms with Crippen LogP contribution in [0.25, 0.3) is 0 Å². The molecule has 1 amide bonds. The van der Waals surface area contributed by atoms with Gasteiger partial charge in [-0.3, -0.25) is 4.79 Å². The Morgan fingerprint density at radius 3 is 2.48 bits per heavy atom. The van der Waals surface area contributed by atoms with Crippen LogP contribution >= 0.6 is 12.4 Å². The van der Waals surface area contributed by atoms with Gasteiger partial charge < -0.3 is 20.5 Å². The van der Waals surface area contributed by atoms with Crippen LogP contribution in [0.2, 0.25) is 0 Å². The molecular formula is C18H22ClFN2O3. The first-order chi connectivity index (χ1) is 11.6. The minimum absolute atomic E-state index is 0. The van der Waals surface area contributed by atoms with Crippen molar-refractivity contribution in [3.8, 4) is 11.5 Å². The van der Waals surface area contributed by atoms with Crippen LogP contribution in [0.4, 0.5) is 10.1 Å². The molecular weight excluding hydrogens is 347 g/mol. The van der Waals surface area contributed by atoms with E-state index < -0.39 is 11.9 Å². The van der Waals surface area contributed by atoms with Gasteiger partial charge in [-0.2, -0.15) is 0 Å². The minimum atomic E-state index is -0.782. The summed E-state index contributed by atoms with van der Waals surface area (Å²) in [5, 5.41) is 2.75. The lowest BCUT2D eigenvalue weighted by molar-refractivity contribution is -0.122. The predicted octanol–water partition coefficient (Wildman–Crippen LogP) is 3.38. The zero-order valence-corrected chi connectivity index (χ0v) is 14.7. The van der Waals surface area contributed by atoms with Crippen LogP contribution < -0.4 is 20.5 Å². The normalized spacial score (nSPS) is 11.2. The SMILES string of the molecule is CCC(Oc1ccccc1F)C(=O)Nc1ccc(OCCN)cc1.Cl. The molecule has 136 valence electrons. The Hall–Kier alpha value is -2.31. The quantitative estimate of drug-likeness (QED) is 0.749. The maximum atomic E-state index is 13.6. The summed E-state index contributed by atoms with van der Waals surface area (Å²) >= 11 is 0. The van der Waals surface area contributed by atoms with E-state index in [1.807, 2.05) is 0 Å². The fourth-order valence-corrected chi connectivity index (χ4v) is 2.05. The topological polar surface area (TPSA) is 73.6 Å². The van der Waals surface area contributed by atoms with Gasteiger partial charge in [-0.1, -0.05) is 19.1 Å². The molecule has 2 rings (SSSR count). The average molecular weight is 369 g/mol. The summed E-state index contributed by atoms with van der Waals surface area (Å²) in [7, 11) is 0. The third-order valence-corrected chi connectivity index (χ3v) is 3.28. The van der Waals surface area contributed by atoms with E-state index in [-0.39, 0.29) is 24.1 Å². The van der Waals surface area contributed by atoms with E-state index in [1.54, 1.807) is 43.3 Å². The number of nitrogens with one attached hydrogen (secondary N) is 1. The number of ether oxygens (including phenoxy) is 2. The molecule has 5 nitrogen and oxygen atoms in total. The van der Waals surface area contributed by atoms with Crippen LogP contribution in [0.15, 0.2) is 48.5 Å². The number of anilines is 1. The van der Waals surface area contributed by atoms with E-state index in [9.17, 15) is 9.18 Å². The molecule has 1 unspecified atom stereocenters. The molecule has 0 aromatic heterocycles. The molecule has 0 saturated heterocycles. The molecule has 0 radical (unpaired) electrons. The highest BCUT2D eigenvalue weighted by atomic mass is 35.5. The number of para-hydroxylation sites is 1. The standard InChI is InChI=1S/C18H21FN2O3.ClH/c1-2-16(24-17-6-4-3-5-15(17)19)18(22)21-13-7-9-14(10-8-13)23-12-11-20;/h3-10,16H,2,11-12,20H2,1H3,(H,21,22);1H. The Balaban J connectivity index is 0.00000312. The Morgan fingerprint density at radius 1 is 1.20 bits per heavy atom. The van der Waals surface area contributed by atoms with Gasteiger partial charge in [0.05, 0.1) is 0 Å². The summed E-state index contributed by atoms with van der Waals surface area (Å²) in [5.74, 6) is -0.0975. The first-order valence-corrected chi connectivity index (χ1v) is 7.79. The molecule has 0 heterocycles. The van der Waals surface area contributed by atoms with E-state index in [0.29, 0.717) is 31.0 Å². The number of carbonyl (C=O) groups is 1. The van der Waals surface area contributed by atoms with Crippen LogP contribution in [0.5, 0.6) is 11.5 Å². The number of benzene rings is 2. The van der Waals surface area contributed by atoms with E-state index in [4.69, 9.17) is 15.2 Å². The molecule has 0 saturated carbocycles. The van der Waals surface area contributed by atoms with Crippen molar-refractivity contribution in [3.05, 3.63) is 54.3 Å². The zero-order valence-electron chi connectivity index (χ0n) is 13.9. The molecule has 0 bridgehead atoms. The van der Waals surface area contributed by atoms with Crippen LogP contribution in [-0.4, -0.2) is 25.2 Å². The smallest absolute Gasteiger partial charge is 0.265 e. The second kappa shape index (κ2) is 10.5. The Kier molecular flexibility index (Phi) is 8.74. The largest absolute Gasteiger partial charge is 0.492 e. The van der Waals surface area contributed by atoms with Crippen molar-refractivity contribution in [3.63, 3.8) is 0 Å². The monoisotopic (exact) mass is 368 g/mol. The number of carbonyl (C=O) groups excluding carboxylic acids is 1. The maximum Gasteiger partial charge on any atom is 0.265 e. The molecule has 3 N–H and O–H groups in total. The Labute approximate surface area is 152 Å². The molecule has 1 atom stereocenters. The molecule has 7 heteroatoms. The molecule has 0 aliphatic rings. The summed E-state index contributed by atoms with van der Waals surface area (Å²) in [5.41, 5.74) is 5.98. The summed E-state index contributed by atoms with van der Waals surface area (Å²) in [6.45, 7) is 2.67. The van der Waals surface area contributed by atoms with Crippen molar-refractivity contribution >= 4 is 24.0 Å². The van der Waals surface area contributed by atoms with E-state index in [1.165, 1.54) is 12.1 Å². The number of rotatable bonds is 8. The highest BCUT2D eigenvalue weighted by Gasteiger charge is 2.20. The van der Waals surface area contributed by atoms with E-state index in [2.05, 4.69) is 5.32 Å². The average Bonchev–Trinajstić information content (AvgIpc) is 2.60. The lowest BCUT2D eigenvalue weighted by Gasteiger charge is -2.17. The summed E-state index contributed by atoms with van der Waals surface area (Å²) in [4.78, 5) is 12.3.